The van der Waals surface area contributed by atoms with E-state index in [0.717, 1.165) is 28.4 Å². The highest BCUT2D eigenvalue weighted by atomic mass is 32.1. The zero-order chi connectivity index (χ0) is 12.4. The van der Waals surface area contributed by atoms with Crippen molar-refractivity contribution in [3.63, 3.8) is 0 Å². The van der Waals surface area contributed by atoms with E-state index in [1.54, 1.807) is 11.3 Å². The monoisotopic (exact) mass is 255 g/mol. The van der Waals surface area contributed by atoms with E-state index in [1.165, 1.54) is 4.70 Å². The van der Waals surface area contributed by atoms with Gasteiger partial charge in [-0.2, -0.15) is 0 Å². The highest BCUT2D eigenvalue weighted by Crippen LogP contribution is 2.22. The van der Waals surface area contributed by atoms with Gasteiger partial charge in [0, 0.05) is 12.6 Å². The Kier molecular flexibility index (Phi) is 3.02. The lowest BCUT2D eigenvalue weighted by atomic mass is 10.2. The Bertz CT molecular complexity index is 631. The van der Waals surface area contributed by atoms with Crippen molar-refractivity contribution < 1.29 is 0 Å². The third-order valence-electron chi connectivity index (χ3n) is 2.85. The molecule has 1 aliphatic rings. The van der Waals surface area contributed by atoms with E-state index in [1.807, 2.05) is 37.4 Å². The van der Waals surface area contributed by atoms with Gasteiger partial charge >= 0.3 is 0 Å². The van der Waals surface area contributed by atoms with Gasteiger partial charge in [-0.25, -0.2) is 4.98 Å². The van der Waals surface area contributed by atoms with Crippen molar-refractivity contribution in [3.05, 3.63) is 41.5 Å². The summed E-state index contributed by atoms with van der Waals surface area (Å²) in [6.07, 6.45) is 4.78. The third-order valence-corrected chi connectivity index (χ3v) is 3.88. The molecular weight excluding hydrogens is 242 g/mol. The summed E-state index contributed by atoms with van der Waals surface area (Å²) in [5, 5.41) is 1.06. The van der Waals surface area contributed by atoms with Crippen LogP contribution in [0.2, 0.25) is 0 Å². The molecule has 0 atom stereocenters. The van der Waals surface area contributed by atoms with Crippen LogP contribution in [0.25, 0.3) is 10.2 Å². The average Bonchev–Trinajstić information content (AvgIpc) is 3.04. The summed E-state index contributed by atoms with van der Waals surface area (Å²) >= 11 is 1.71. The fraction of sp³-hybridized carbons (Fsp3) is 0.214. The van der Waals surface area contributed by atoms with Gasteiger partial charge in [0.2, 0.25) is 0 Å². The number of thiazole rings is 1. The van der Waals surface area contributed by atoms with Crippen LogP contribution in [0.1, 0.15) is 18.4 Å². The number of para-hydroxylation sites is 1. The van der Waals surface area contributed by atoms with Crippen LogP contribution in [-0.2, 0) is 6.54 Å². The molecule has 0 saturated heterocycles. The Hall–Kier alpha value is -1.81. The fourth-order valence-corrected chi connectivity index (χ4v) is 2.76. The third kappa shape index (κ3) is 2.24. The van der Waals surface area contributed by atoms with Crippen LogP contribution in [0.3, 0.4) is 0 Å². The quantitative estimate of drug-likeness (QED) is 0.772. The molecule has 0 spiro atoms. The first-order chi connectivity index (χ1) is 8.83. The summed E-state index contributed by atoms with van der Waals surface area (Å²) in [4.78, 5) is 13.4. The second kappa shape index (κ2) is 4.82. The predicted octanol–water partition coefficient (Wildman–Crippen LogP) is 3.62. The molecular formula is C14H13N3S. The Morgan fingerprint density at radius 3 is 3.06 bits per heavy atom. The van der Waals surface area contributed by atoms with Crippen LogP contribution in [0.15, 0.2) is 46.5 Å². The van der Waals surface area contributed by atoms with E-state index < -0.39 is 0 Å². The Morgan fingerprint density at radius 2 is 2.28 bits per heavy atom. The minimum Gasteiger partial charge on any atom is -0.281 e. The molecule has 3 nitrogen and oxygen atoms in total. The van der Waals surface area contributed by atoms with Crippen molar-refractivity contribution in [2.75, 3.05) is 0 Å². The zero-order valence-electron chi connectivity index (χ0n) is 10.1. The molecule has 0 amide bonds. The number of hydrogen-bond donors (Lipinski definition) is 0. The van der Waals surface area contributed by atoms with E-state index >= 15 is 0 Å². The number of rotatable bonds is 3. The summed E-state index contributed by atoms with van der Waals surface area (Å²) in [7, 11) is 0. The van der Waals surface area contributed by atoms with Gasteiger partial charge in [-0.15, -0.1) is 11.3 Å². The minimum atomic E-state index is 0.643. The van der Waals surface area contributed by atoms with Crippen molar-refractivity contribution >= 4 is 33.0 Å². The average molecular weight is 255 g/mol. The standard InChI is InChI=1S/C14H13N3S/c1-10(11-6-4-8-15-11)16-9-14-17-12-5-2-3-7-13(12)18-14/h2-5,7-8H,6,9H2,1H3. The van der Waals surface area contributed by atoms with Crippen LogP contribution < -0.4 is 0 Å². The molecule has 4 heteroatoms. The van der Waals surface area contributed by atoms with Crippen molar-refractivity contribution in [3.8, 4) is 0 Å². The number of benzene rings is 1. The summed E-state index contributed by atoms with van der Waals surface area (Å²) in [5.74, 6) is 0. The maximum atomic E-state index is 4.57. The van der Waals surface area contributed by atoms with E-state index in [0.29, 0.717) is 6.54 Å². The molecule has 3 rings (SSSR count). The number of nitrogens with zero attached hydrogens (tertiary/aromatic N) is 3. The van der Waals surface area contributed by atoms with Gasteiger partial charge in [-0.1, -0.05) is 18.2 Å². The van der Waals surface area contributed by atoms with Gasteiger partial charge in [-0.3, -0.25) is 9.98 Å². The minimum absolute atomic E-state index is 0.643. The molecule has 0 bridgehead atoms. The Labute approximate surface area is 110 Å². The second-order valence-corrected chi connectivity index (χ2v) is 5.26. The molecule has 18 heavy (non-hydrogen) atoms. The van der Waals surface area contributed by atoms with Gasteiger partial charge in [0.1, 0.15) is 5.01 Å². The molecule has 90 valence electrons. The first kappa shape index (κ1) is 11.3. The molecule has 0 radical (unpaired) electrons. The lowest BCUT2D eigenvalue weighted by Gasteiger charge is -1.98. The number of aromatic nitrogens is 1. The van der Waals surface area contributed by atoms with Crippen molar-refractivity contribution in [1.29, 1.82) is 0 Å². The maximum absolute atomic E-state index is 4.57. The smallest absolute Gasteiger partial charge is 0.115 e. The van der Waals surface area contributed by atoms with Crippen LogP contribution in [0, 0.1) is 0 Å². The number of aliphatic imine (C=N–C) groups is 2. The van der Waals surface area contributed by atoms with E-state index in [-0.39, 0.29) is 0 Å². The zero-order valence-corrected chi connectivity index (χ0v) is 10.9. The highest BCUT2D eigenvalue weighted by Gasteiger charge is 2.06. The van der Waals surface area contributed by atoms with E-state index in [2.05, 4.69) is 21.0 Å². The lowest BCUT2D eigenvalue weighted by Crippen LogP contribution is -2.07. The van der Waals surface area contributed by atoms with E-state index in [4.69, 9.17) is 0 Å². The first-order valence-electron chi connectivity index (χ1n) is 5.90. The number of allylic oxidation sites excluding steroid dienone is 1. The molecule has 0 aliphatic carbocycles. The Balaban J connectivity index is 1.78. The summed E-state index contributed by atoms with van der Waals surface area (Å²) < 4.78 is 1.22. The Morgan fingerprint density at radius 1 is 1.39 bits per heavy atom. The fourth-order valence-electron chi connectivity index (χ4n) is 1.87. The molecule has 1 aromatic heterocycles. The van der Waals surface area contributed by atoms with Gasteiger partial charge in [0.15, 0.2) is 0 Å². The predicted molar refractivity (Wildman–Crippen MR) is 77.6 cm³/mol. The van der Waals surface area contributed by atoms with Crippen LogP contribution in [0.5, 0.6) is 0 Å². The summed E-state index contributed by atoms with van der Waals surface area (Å²) in [6.45, 7) is 2.66. The summed E-state index contributed by atoms with van der Waals surface area (Å²) in [6, 6.07) is 8.19. The SMILES string of the molecule is CC(=NCc1nc2ccccc2s1)C1=NC=CC1. The normalized spacial score (nSPS) is 15.4. The first-order valence-corrected chi connectivity index (χ1v) is 6.72. The summed E-state index contributed by atoms with van der Waals surface area (Å²) in [5.41, 5.74) is 3.14. The van der Waals surface area contributed by atoms with Gasteiger partial charge in [0.05, 0.1) is 28.2 Å². The molecule has 0 unspecified atom stereocenters. The van der Waals surface area contributed by atoms with E-state index in [9.17, 15) is 0 Å². The van der Waals surface area contributed by atoms with Gasteiger partial charge in [-0.05, 0) is 19.1 Å². The second-order valence-electron chi connectivity index (χ2n) is 4.14. The van der Waals surface area contributed by atoms with Crippen molar-refractivity contribution in [1.82, 2.24) is 4.98 Å². The molecule has 1 aliphatic heterocycles. The van der Waals surface area contributed by atoms with Crippen molar-refractivity contribution in [2.45, 2.75) is 19.9 Å². The topological polar surface area (TPSA) is 37.6 Å². The largest absolute Gasteiger partial charge is 0.281 e. The van der Waals surface area contributed by atoms with Crippen molar-refractivity contribution in [2.24, 2.45) is 9.98 Å². The molecule has 2 aromatic rings. The molecule has 1 aromatic carbocycles. The van der Waals surface area contributed by atoms with Gasteiger partial charge < -0.3 is 0 Å². The molecule has 0 saturated carbocycles. The lowest BCUT2D eigenvalue weighted by molar-refractivity contribution is 1.05. The molecule has 0 fully saturated rings. The number of hydrogen-bond acceptors (Lipinski definition) is 4. The maximum Gasteiger partial charge on any atom is 0.115 e. The van der Waals surface area contributed by atoms with Gasteiger partial charge in [0.25, 0.3) is 0 Å². The molecule has 0 N–H and O–H groups in total. The molecule has 2 heterocycles. The van der Waals surface area contributed by atoms with Crippen LogP contribution in [-0.4, -0.2) is 16.4 Å². The van der Waals surface area contributed by atoms with Crippen LogP contribution in [0.4, 0.5) is 0 Å². The number of fused-ring (bicyclic) bond motifs is 1. The highest BCUT2D eigenvalue weighted by molar-refractivity contribution is 7.18. The van der Waals surface area contributed by atoms with Crippen LogP contribution >= 0.6 is 11.3 Å².